The maximum Gasteiger partial charge on any atom is 0.251 e. The van der Waals surface area contributed by atoms with Crippen molar-refractivity contribution in [3.05, 3.63) is 65.2 Å². The topological polar surface area (TPSA) is 58.2 Å². The molecule has 2 aromatic rings. The molecule has 142 valence electrons. The van der Waals surface area contributed by atoms with Crippen LogP contribution in [0.5, 0.6) is 0 Å². The highest BCUT2D eigenvalue weighted by molar-refractivity contribution is 6.02. The van der Waals surface area contributed by atoms with Crippen molar-refractivity contribution in [1.29, 1.82) is 0 Å². The van der Waals surface area contributed by atoms with Crippen LogP contribution < -0.4 is 10.6 Å². The standard InChI is InChI=1S/C23H28N2O2/c1-5-24-20(26)16-7-6-8-19(15-16)25-21(27)23(13-14-23)18-11-9-17(10-12-18)22(2,3)4/h6-12,15H,5,13-14H2,1-4H3,(H,24,26)(H,25,27). The highest BCUT2D eigenvalue weighted by Gasteiger charge is 2.51. The molecule has 2 N–H and O–H groups in total. The van der Waals surface area contributed by atoms with Crippen molar-refractivity contribution in [1.82, 2.24) is 5.32 Å². The van der Waals surface area contributed by atoms with Crippen LogP contribution in [-0.2, 0) is 15.6 Å². The van der Waals surface area contributed by atoms with Gasteiger partial charge in [0.2, 0.25) is 5.91 Å². The maximum atomic E-state index is 13.0. The van der Waals surface area contributed by atoms with E-state index in [-0.39, 0.29) is 17.2 Å². The molecule has 0 atom stereocenters. The number of anilines is 1. The lowest BCUT2D eigenvalue weighted by molar-refractivity contribution is -0.118. The van der Waals surface area contributed by atoms with Crippen LogP contribution in [0, 0.1) is 0 Å². The fourth-order valence-electron chi connectivity index (χ4n) is 3.31. The zero-order valence-corrected chi connectivity index (χ0v) is 16.6. The summed E-state index contributed by atoms with van der Waals surface area (Å²) >= 11 is 0. The minimum atomic E-state index is -0.446. The van der Waals surface area contributed by atoms with Crippen molar-refractivity contribution in [3.63, 3.8) is 0 Å². The molecule has 4 heteroatoms. The van der Waals surface area contributed by atoms with Gasteiger partial charge in [-0.25, -0.2) is 0 Å². The second kappa shape index (κ2) is 7.18. The largest absolute Gasteiger partial charge is 0.352 e. The summed E-state index contributed by atoms with van der Waals surface area (Å²) in [5, 5.41) is 5.78. The zero-order chi connectivity index (χ0) is 19.7. The average Bonchev–Trinajstić information content (AvgIpc) is 3.43. The van der Waals surface area contributed by atoms with Crippen molar-refractivity contribution in [2.75, 3.05) is 11.9 Å². The Labute approximate surface area is 161 Å². The number of carbonyl (C=O) groups excluding carboxylic acids is 2. The van der Waals surface area contributed by atoms with Crippen molar-refractivity contribution >= 4 is 17.5 Å². The third-order valence-electron chi connectivity index (χ3n) is 5.21. The van der Waals surface area contributed by atoms with Crippen LogP contribution in [0.2, 0.25) is 0 Å². The molecule has 0 spiro atoms. The van der Waals surface area contributed by atoms with E-state index in [1.54, 1.807) is 18.2 Å². The lowest BCUT2D eigenvalue weighted by Crippen LogP contribution is -2.28. The van der Waals surface area contributed by atoms with Gasteiger partial charge in [-0.15, -0.1) is 0 Å². The number of hydrogen-bond donors (Lipinski definition) is 2. The number of benzene rings is 2. The lowest BCUT2D eigenvalue weighted by Gasteiger charge is -2.21. The van der Waals surface area contributed by atoms with Gasteiger partial charge in [-0.05, 0) is 54.5 Å². The summed E-state index contributed by atoms with van der Waals surface area (Å²) in [5.74, 6) is -0.133. The van der Waals surface area contributed by atoms with Crippen molar-refractivity contribution < 1.29 is 9.59 Å². The number of rotatable bonds is 5. The van der Waals surface area contributed by atoms with E-state index in [0.717, 1.165) is 18.4 Å². The van der Waals surface area contributed by atoms with Crippen LogP contribution in [0.25, 0.3) is 0 Å². The van der Waals surface area contributed by atoms with Crippen LogP contribution in [0.3, 0.4) is 0 Å². The van der Waals surface area contributed by atoms with E-state index in [1.807, 2.05) is 13.0 Å². The summed E-state index contributed by atoms with van der Waals surface area (Å²) < 4.78 is 0. The average molecular weight is 364 g/mol. The van der Waals surface area contributed by atoms with Gasteiger partial charge >= 0.3 is 0 Å². The zero-order valence-electron chi connectivity index (χ0n) is 16.6. The molecule has 4 nitrogen and oxygen atoms in total. The molecule has 0 aromatic heterocycles. The summed E-state index contributed by atoms with van der Waals surface area (Å²) in [6.07, 6.45) is 1.70. The Morgan fingerprint density at radius 1 is 1.04 bits per heavy atom. The first-order valence-electron chi connectivity index (χ1n) is 9.57. The Hall–Kier alpha value is -2.62. The molecule has 0 radical (unpaired) electrons. The molecule has 0 unspecified atom stereocenters. The number of amides is 2. The Bertz CT molecular complexity index is 843. The van der Waals surface area contributed by atoms with Crippen LogP contribution in [0.15, 0.2) is 48.5 Å². The first kappa shape index (κ1) is 19.2. The summed E-state index contributed by atoms with van der Waals surface area (Å²) in [5.41, 5.74) is 3.18. The van der Waals surface area contributed by atoms with Gasteiger partial charge in [0.1, 0.15) is 0 Å². The van der Waals surface area contributed by atoms with Gasteiger partial charge in [-0.3, -0.25) is 9.59 Å². The Kier molecular flexibility index (Phi) is 5.09. The minimum absolute atomic E-state index is 0.000872. The SMILES string of the molecule is CCNC(=O)c1cccc(NC(=O)C2(c3ccc(C(C)(C)C)cc3)CC2)c1. The predicted molar refractivity (Wildman–Crippen MR) is 109 cm³/mol. The van der Waals surface area contributed by atoms with Crippen molar-refractivity contribution in [2.45, 2.75) is 51.4 Å². The molecule has 1 aliphatic carbocycles. The molecule has 27 heavy (non-hydrogen) atoms. The van der Waals surface area contributed by atoms with Gasteiger partial charge < -0.3 is 10.6 Å². The van der Waals surface area contributed by atoms with Crippen LogP contribution in [-0.4, -0.2) is 18.4 Å². The van der Waals surface area contributed by atoms with Gasteiger partial charge in [-0.2, -0.15) is 0 Å². The maximum absolute atomic E-state index is 13.0. The fraction of sp³-hybridized carbons (Fsp3) is 0.391. The van der Waals surface area contributed by atoms with Gasteiger partial charge in [0.05, 0.1) is 5.41 Å². The third kappa shape index (κ3) is 4.05. The predicted octanol–water partition coefficient (Wildman–Crippen LogP) is 4.40. The second-order valence-electron chi connectivity index (χ2n) is 8.30. The first-order chi connectivity index (χ1) is 12.8. The second-order valence-corrected chi connectivity index (χ2v) is 8.30. The van der Waals surface area contributed by atoms with Gasteiger partial charge in [0.25, 0.3) is 5.91 Å². The molecule has 0 heterocycles. The normalized spacial score (nSPS) is 15.1. The molecule has 3 rings (SSSR count). The van der Waals surface area contributed by atoms with E-state index in [1.165, 1.54) is 5.56 Å². The molecule has 0 bridgehead atoms. The van der Waals surface area contributed by atoms with Gasteiger partial charge in [0, 0.05) is 17.8 Å². The van der Waals surface area contributed by atoms with Crippen LogP contribution in [0.1, 0.15) is 62.0 Å². The Morgan fingerprint density at radius 3 is 2.26 bits per heavy atom. The quantitative estimate of drug-likeness (QED) is 0.826. The van der Waals surface area contributed by atoms with Crippen LogP contribution >= 0.6 is 0 Å². The molecule has 0 saturated heterocycles. The van der Waals surface area contributed by atoms with Gasteiger partial charge in [-0.1, -0.05) is 51.1 Å². The summed E-state index contributed by atoms with van der Waals surface area (Å²) in [4.78, 5) is 25.0. The fourth-order valence-corrected chi connectivity index (χ4v) is 3.31. The molecule has 2 aromatic carbocycles. The summed E-state index contributed by atoms with van der Waals surface area (Å²) in [6.45, 7) is 9.00. The number of carbonyl (C=O) groups is 2. The Balaban J connectivity index is 1.76. The summed E-state index contributed by atoms with van der Waals surface area (Å²) in [7, 11) is 0. The van der Waals surface area contributed by atoms with Crippen molar-refractivity contribution in [3.8, 4) is 0 Å². The van der Waals surface area contributed by atoms with E-state index in [2.05, 4.69) is 55.7 Å². The van der Waals surface area contributed by atoms with E-state index < -0.39 is 5.41 Å². The van der Waals surface area contributed by atoms with Crippen molar-refractivity contribution in [2.24, 2.45) is 0 Å². The highest BCUT2D eigenvalue weighted by atomic mass is 16.2. The number of nitrogens with one attached hydrogen (secondary N) is 2. The molecule has 1 saturated carbocycles. The molecular formula is C23H28N2O2. The highest BCUT2D eigenvalue weighted by Crippen LogP contribution is 2.49. The summed E-state index contributed by atoms with van der Waals surface area (Å²) in [6, 6.07) is 15.5. The van der Waals surface area contributed by atoms with E-state index >= 15 is 0 Å². The third-order valence-corrected chi connectivity index (χ3v) is 5.21. The van der Waals surface area contributed by atoms with Crippen LogP contribution in [0.4, 0.5) is 5.69 Å². The molecule has 2 amide bonds. The molecule has 1 fully saturated rings. The van der Waals surface area contributed by atoms with E-state index in [9.17, 15) is 9.59 Å². The molecular weight excluding hydrogens is 336 g/mol. The molecule has 0 aliphatic heterocycles. The Morgan fingerprint density at radius 2 is 1.70 bits per heavy atom. The minimum Gasteiger partial charge on any atom is -0.352 e. The number of hydrogen-bond acceptors (Lipinski definition) is 2. The lowest BCUT2D eigenvalue weighted by atomic mass is 9.85. The first-order valence-corrected chi connectivity index (χ1v) is 9.57. The smallest absolute Gasteiger partial charge is 0.251 e. The van der Waals surface area contributed by atoms with Gasteiger partial charge in [0.15, 0.2) is 0 Å². The monoisotopic (exact) mass is 364 g/mol. The molecule has 1 aliphatic rings. The van der Waals surface area contributed by atoms with E-state index in [0.29, 0.717) is 17.8 Å². The van der Waals surface area contributed by atoms with E-state index in [4.69, 9.17) is 0 Å².